The molecule has 0 amide bonds. The fraction of sp³-hybridized carbons (Fsp3) is 1.00. The van der Waals surface area contributed by atoms with Crippen molar-refractivity contribution in [3.8, 4) is 0 Å². The molecule has 1 fully saturated rings. The van der Waals surface area contributed by atoms with Gasteiger partial charge in [0.25, 0.3) is 0 Å². The lowest BCUT2D eigenvalue weighted by Crippen LogP contribution is -2.45. The lowest BCUT2D eigenvalue weighted by atomic mass is 9.91. The quantitative estimate of drug-likeness (QED) is 0.720. The summed E-state index contributed by atoms with van der Waals surface area (Å²) in [5.41, 5.74) is 0. The second-order valence-electron chi connectivity index (χ2n) is 5.30. The first-order valence-corrected chi connectivity index (χ1v) is 6.74. The summed E-state index contributed by atoms with van der Waals surface area (Å²) in [4.78, 5) is 2.52. The van der Waals surface area contributed by atoms with E-state index in [0.29, 0.717) is 18.6 Å². The number of aliphatic hydroxyl groups excluding tert-OH is 1. The van der Waals surface area contributed by atoms with Gasteiger partial charge in [-0.1, -0.05) is 13.8 Å². The van der Waals surface area contributed by atoms with Gasteiger partial charge in [0.15, 0.2) is 0 Å². The number of nitrogens with zero attached hydrogens (tertiary/aromatic N) is 1. The molecule has 1 aliphatic heterocycles. The summed E-state index contributed by atoms with van der Waals surface area (Å²) in [7, 11) is 0. The third kappa shape index (κ3) is 4.40. The van der Waals surface area contributed by atoms with Crippen LogP contribution in [-0.4, -0.2) is 48.8 Å². The minimum absolute atomic E-state index is 0.309. The minimum atomic E-state index is 0.309. The number of hydrogen-bond donors (Lipinski definition) is 2. The molecule has 1 heterocycles. The molecule has 1 rings (SSSR count). The van der Waals surface area contributed by atoms with Crippen LogP contribution < -0.4 is 5.32 Å². The Morgan fingerprint density at radius 1 is 1.44 bits per heavy atom. The van der Waals surface area contributed by atoms with Crippen LogP contribution in [0, 0.1) is 11.8 Å². The van der Waals surface area contributed by atoms with Gasteiger partial charge in [-0.3, -0.25) is 0 Å². The first kappa shape index (κ1) is 13.9. The molecule has 0 bridgehead atoms. The molecular formula is C13H28N2O. The zero-order valence-corrected chi connectivity index (χ0v) is 11.1. The minimum Gasteiger partial charge on any atom is -0.396 e. The summed E-state index contributed by atoms with van der Waals surface area (Å²) in [6.07, 6.45) is 2.65. The zero-order valence-electron chi connectivity index (χ0n) is 11.1. The Labute approximate surface area is 100 Å². The normalized spacial score (nSPS) is 26.6. The number of hydrogen-bond acceptors (Lipinski definition) is 3. The number of piperidine rings is 1. The zero-order chi connectivity index (χ0) is 12.0. The Balaban J connectivity index is 2.34. The van der Waals surface area contributed by atoms with E-state index in [9.17, 15) is 0 Å². The number of nitrogens with one attached hydrogen (secondary N) is 1. The maximum atomic E-state index is 9.09. The van der Waals surface area contributed by atoms with Gasteiger partial charge in [0.05, 0.1) is 0 Å². The van der Waals surface area contributed by atoms with E-state index >= 15 is 0 Å². The molecule has 0 radical (unpaired) electrons. The summed E-state index contributed by atoms with van der Waals surface area (Å²) in [5.74, 6) is 1.19. The van der Waals surface area contributed by atoms with Crippen molar-refractivity contribution in [3.63, 3.8) is 0 Å². The van der Waals surface area contributed by atoms with Gasteiger partial charge in [-0.15, -0.1) is 0 Å². The molecule has 1 aliphatic rings. The Hall–Kier alpha value is -0.120. The standard InChI is InChI=1S/C13H28N2O/c1-4-14-12(3)13-6-5-7-15(9-13)8-11(2)10-16/h11-14,16H,4-10H2,1-3H3. The second kappa shape index (κ2) is 7.25. The van der Waals surface area contributed by atoms with E-state index in [4.69, 9.17) is 5.11 Å². The molecule has 16 heavy (non-hydrogen) atoms. The Bertz CT molecular complexity index is 187. The van der Waals surface area contributed by atoms with Crippen LogP contribution in [0.2, 0.25) is 0 Å². The lowest BCUT2D eigenvalue weighted by molar-refractivity contribution is 0.115. The van der Waals surface area contributed by atoms with Gasteiger partial charge in [-0.2, -0.15) is 0 Å². The van der Waals surface area contributed by atoms with E-state index in [-0.39, 0.29) is 0 Å². The van der Waals surface area contributed by atoms with Crippen LogP contribution in [0.5, 0.6) is 0 Å². The van der Waals surface area contributed by atoms with Gasteiger partial charge in [-0.05, 0) is 44.7 Å². The van der Waals surface area contributed by atoms with Gasteiger partial charge < -0.3 is 15.3 Å². The second-order valence-corrected chi connectivity index (χ2v) is 5.30. The first-order valence-electron chi connectivity index (χ1n) is 6.74. The molecule has 1 saturated heterocycles. The molecule has 3 atom stereocenters. The first-order chi connectivity index (χ1) is 7.67. The van der Waals surface area contributed by atoms with Crippen molar-refractivity contribution in [2.24, 2.45) is 11.8 Å². The third-order valence-electron chi connectivity index (χ3n) is 3.66. The SMILES string of the molecule is CCNC(C)C1CCCN(CC(C)CO)C1. The molecule has 0 aromatic carbocycles. The van der Waals surface area contributed by atoms with E-state index in [1.807, 2.05) is 0 Å². The molecule has 0 spiro atoms. The van der Waals surface area contributed by atoms with Crippen LogP contribution in [0.15, 0.2) is 0 Å². The predicted octanol–water partition coefficient (Wildman–Crippen LogP) is 1.32. The van der Waals surface area contributed by atoms with Crippen LogP contribution in [0.25, 0.3) is 0 Å². The Kier molecular flexibility index (Phi) is 6.32. The van der Waals surface area contributed by atoms with Gasteiger partial charge in [-0.25, -0.2) is 0 Å². The van der Waals surface area contributed by atoms with Crippen LogP contribution in [-0.2, 0) is 0 Å². The monoisotopic (exact) mass is 228 g/mol. The van der Waals surface area contributed by atoms with Crippen molar-refractivity contribution < 1.29 is 5.11 Å². The van der Waals surface area contributed by atoms with Crippen molar-refractivity contribution in [3.05, 3.63) is 0 Å². The molecular weight excluding hydrogens is 200 g/mol. The van der Waals surface area contributed by atoms with Crippen molar-refractivity contribution in [2.45, 2.75) is 39.7 Å². The summed E-state index contributed by atoms with van der Waals surface area (Å²) < 4.78 is 0. The van der Waals surface area contributed by atoms with Crippen LogP contribution >= 0.6 is 0 Å². The predicted molar refractivity (Wildman–Crippen MR) is 68.6 cm³/mol. The highest BCUT2D eigenvalue weighted by atomic mass is 16.3. The van der Waals surface area contributed by atoms with Crippen molar-refractivity contribution in [2.75, 3.05) is 32.8 Å². The largest absolute Gasteiger partial charge is 0.396 e. The highest BCUT2D eigenvalue weighted by Gasteiger charge is 2.24. The fourth-order valence-electron chi connectivity index (χ4n) is 2.65. The molecule has 96 valence electrons. The summed E-state index contributed by atoms with van der Waals surface area (Å²) in [6.45, 7) is 11.4. The van der Waals surface area contributed by atoms with E-state index in [1.165, 1.54) is 25.9 Å². The number of rotatable bonds is 6. The summed E-state index contributed by atoms with van der Waals surface area (Å²) >= 11 is 0. The maximum absolute atomic E-state index is 9.09. The van der Waals surface area contributed by atoms with Gasteiger partial charge >= 0.3 is 0 Å². The lowest BCUT2D eigenvalue weighted by Gasteiger charge is -2.37. The molecule has 0 aromatic rings. The maximum Gasteiger partial charge on any atom is 0.0468 e. The van der Waals surface area contributed by atoms with Crippen LogP contribution in [0.4, 0.5) is 0 Å². The molecule has 0 saturated carbocycles. The van der Waals surface area contributed by atoms with Gasteiger partial charge in [0.2, 0.25) is 0 Å². The molecule has 0 aliphatic carbocycles. The highest BCUT2D eigenvalue weighted by molar-refractivity contribution is 4.80. The Morgan fingerprint density at radius 2 is 2.19 bits per heavy atom. The number of aliphatic hydroxyl groups is 1. The van der Waals surface area contributed by atoms with Crippen molar-refractivity contribution >= 4 is 0 Å². The molecule has 3 unspecified atom stereocenters. The molecule has 0 aromatic heterocycles. The van der Waals surface area contributed by atoms with Crippen LogP contribution in [0.3, 0.4) is 0 Å². The van der Waals surface area contributed by atoms with Crippen molar-refractivity contribution in [1.82, 2.24) is 10.2 Å². The number of likely N-dealkylation sites (tertiary alicyclic amines) is 1. The van der Waals surface area contributed by atoms with E-state index in [1.54, 1.807) is 0 Å². The van der Waals surface area contributed by atoms with E-state index in [2.05, 4.69) is 31.0 Å². The van der Waals surface area contributed by atoms with Gasteiger partial charge in [0.1, 0.15) is 0 Å². The molecule has 3 heteroatoms. The van der Waals surface area contributed by atoms with Gasteiger partial charge in [0, 0.05) is 25.7 Å². The van der Waals surface area contributed by atoms with Crippen LogP contribution in [0.1, 0.15) is 33.6 Å². The average Bonchev–Trinajstić information content (AvgIpc) is 2.29. The summed E-state index contributed by atoms with van der Waals surface area (Å²) in [6, 6.07) is 0.622. The van der Waals surface area contributed by atoms with E-state index < -0.39 is 0 Å². The average molecular weight is 228 g/mol. The van der Waals surface area contributed by atoms with E-state index in [0.717, 1.165) is 19.0 Å². The Morgan fingerprint density at radius 3 is 2.81 bits per heavy atom. The van der Waals surface area contributed by atoms with Crippen molar-refractivity contribution in [1.29, 1.82) is 0 Å². The highest BCUT2D eigenvalue weighted by Crippen LogP contribution is 2.20. The third-order valence-corrected chi connectivity index (χ3v) is 3.66. The molecule has 3 nitrogen and oxygen atoms in total. The topological polar surface area (TPSA) is 35.5 Å². The fourth-order valence-corrected chi connectivity index (χ4v) is 2.65. The smallest absolute Gasteiger partial charge is 0.0468 e. The molecule has 2 N–H and O–H groups in total. The summed E-state index contributed by atoms with van der Waals surface area (Å²) in [5, 5.41) is 12.6.